The largest absolute Gasteiger partial charge is 0.393 e. The summed E-state index contributed by atoms with van der Waals surface area (Å²) in [4.78, 5) is 2.23. The van der Waals surface area contributed by atoms with Crippen LogP contribution in [0.3, 0.4) is 0 Å². The lowest BCUT2D eigenvalue weighted by atomic mass is 10.1. The summed E-state index contributed by atoms with van der Waals surface area (Å²) < 4.78 is 0. The molecule has 0 radical (unpaired) electrons. The maximum atomic E-state index is 9.41. The van der Waals surface area contributed by atoms with Crippen molar-refractivity contribution >= 4 is 5.69 Å². The first-order chi connectivity index (χ1) is 7.22. The van der Waals surface area contributed by atoms with Gasteiger partial charge in [-0.05, 0) is 31.5 Å². The number of rotatable bonds is 5. The zero-order chi connectivity index (χ0) is 11.3. The van der Waals surface area contributed by atoms with Gasteiger partial charge in [-0.2, -0.15) is 0 Å². The van der Waals surface area contributed by atoms with Crippen LogP contribution in [0.25, 0.3) is 0 Å². The number of nitrogens with zero attached hydrogens (tertiary/aromatic N) is 1. The third-order valence-electron chi connectivity index (χ3n) is 2.58. The summed E-state index contributed by atoms with van der Waals surface area (Å²) in [5, 5.41) is 18.2. The Morgan fingerprint density at radius 1 is 1.13 bits per heavy atom. The third kappa shape index (κ3) is 2.94. The molecule has 1 rings (SSSR count). The second kappa shape index (κ2) is 5.73. The Kier molecular flexibility index (Phi) is 4.59. The highest BCUT2D eigenvalue weighted by Crippen LogP contribution is 2.18. The van der Waals surface area contributed by atoms with E-state index in [9.17, 15) is 5.11 Å². The van der Waals surface area contributed by atoms with E-state index in [1.54, 1.807) is 0 Å². The monoisotopic (exact) mass is 209 g/mol. The van der Waals surface area contributed by atoms with Gasteiger partial charge in [0, 0.05) is 18.8 Å². The Balaban J connectivity index is 2.79. The summed E-state index contributed by atoms with van der Waals surface area (Å²) >= 11 is 0. The molecule has 0 amide bonds. The van der Waals surface area contributed by atoms with Crippen LogP contribution in [0.4, 0.5) is 5.69 Å². The summed E-state index contributed by atoms with van der Waals surface area (Å²) in [6, 6.07) is 7.66. The molecule has 0 bridgehead atoms. The molecule has 0 aromatic heterocycles. The fourth-order valence-electron chi connectivity index (χ4n) is 1.60. The molecule has 1 atom stereocenters. The van der Waals surface area contributed by atoms with Crippen molar-refractivity contribution < 1.29 is 10.2 Å². The van der Waals surface area contributed by atoms with Crippen LogP contribution in [0.15, 0.2) is 24.3 Å². The molecule has 0 aliphatic heterocycles. The van der Waals surface area contributed by atoms with Gasteiger partial charge in [-0.25, -0.2) is 0 Å². The number of aliphatic hydroxyl groups is 2. The van der Waals surface area contributed by atoms with E-state index in [0.29, 0.717) is 0 Å². The average Bonchev–Trinajstić information content (AvgIpc) is 2.30. The maximum absolute atomic E-state index is 9.41. The van der Waals surface area contributed by atoms with Crippen molar-refractivity contribution in [3.05, 3.63) is 29.8 Å². The summed E-state index contributed by atoms with van der Waals surface area (Å²) in [5.74, 6) is 0. The van der Waals surface area contributed by atoms with E-state index in [1.165, 1.54) is 0 Å². The fourth-order valence-corrected chi connectivity index (χ4v) is 1.60. The van der Waals surface area contributed by atoms with Gasteiger partial charge in [0.25, 0.3) is 0 Å². The van der Waals surface area contributed by atoms with Gasteiger partial charge in [-0.3, -0.25) is 0 Å². The molecule has 0 heterocycles. The van der Waals surface area contributed by atoms with Gasteiger partial charge in [-0.1, -0.05) is 12.1 Å². The highest BCUT2D eigenvalue weighted by molar-refractivity contribution is 5.47. The minimum absolute atomic E-state index is 0.232. The van der Waals surface area contributed by atoms with Crippen LogP contribution in [0.5, 0.6) is 0 Å². The lowest BCUT2D eigenvalue weighted by Gasteiger charge is -2.21. The zero-order valence-electron chi connectivity index (χ0n) is 9.35. The Bertz CT molecular complexity index is 280. The van der Waals surface area contributed by atoms with Gasteiger partial charge in [0.2, 0.25) is 0 Å². The predicted molar refractivity (Wildman–Crippen MR) is 62.0 cm³/mol. The molecular formula is C12H19NO2. The second-order valence-electron chi connectivity index (χ2n) is 3.46. The molecule has 3 nitrogen and oxygen atoms in total. The first-order valence-corrected chi connectivity index (χ1v) is 5.36. The van der Waals surface area contributed by atoms with E-state index in [2.05, 4.69) is 18.7 Å². The van der Waals surface area contributed by atoms with Gasteiger partial charge in [-0.15, -0.1) is 0 Å². The lowest BCUT2D eigenvalue weighted by Crippen LogP contribution is -2.21. The van der Waals surface area contributed by atoms with Crippen molar-refractivity contribution in [2.24, 2.45) is 0 Å². The first kappa shape index (κ1) is 12.0. The van der Waals surface area contributed by atoms with Crippen molar-refractivity contribution in [2.45, 2.75) is 20.0 Å². The molecule has 0 fully saturated rings. The smallest absolute Gasteiger partial charge is 0.102 e. The minimum Gasteiger partial charge on any atom is -0.393 e. The van der Waals surface area contributed by atoms with Gasteiger partial charge in [0.15, 0.2) is 0 Å². The first-order valence-electron chi connectivity index (χ1n) is 5.36. The Labute approximate surface area is 91.0 Å². The van der Waals surface area contributed by atoms with E-state index < -0.39 is 6.10 Å². The van der Waals surface area contributed by atoms with Crippen molar-refractivity contribution in [3.63, 3.8) is 0 Å². The van der Waals surface area contributed by atoms with Crippen LogP contribution in [0.2, 0.25) is 0 Å². The Hall–Kier alpha value is -1.06. The van der Waals surface area contributed by atoms with Crippen LogP contribution >= 0.6 is 0 Å². The van der Waals surface area contributed by atoms with Crippen LogP contribution in [0, 0.1) is 0 Å². The van der Waals surface area contributed by atoms with E-state index in [0.717, 1.165) is 24.3 Å². The maximum Gasteiger partial charge on any atom is 0.102 e. The third-order valence-corrected chi connectivity index (χ3v) is 2.58. The molecular weight excluding hydrogens is 190 g/mol. The molecule has 0 aliphatic rings. The van der Waals surface area contributed by atoms with Gasteiger partial charge < -0.3 is 15.1 Å². The molecule has 1 aromatic carbocycles. The Morgan fingerprint density at radius 2 is 1.67 bits per heavy atom. The number of benzene rings is 1. The molecule has 0 saturated heterocycles. The quantitative estimate of drug-likeness (QED) is 0.773. The van der Waals surface area contributed by atoms with Gasteiger partial charge >= 0.3 is 0 Å². The molecule has 0 aliphatic carbocycles. The highest BCUT2D eigenvalue weighted by Gasteiger charge is 2.06. The number of anilines is 1. The average molecular weight is 209 g/mol. The van der Waals surface area contributed by atoms with Crippen molar-refractivity contribution in [3.8, 4) is 0 Å². The molecule has 84 valence electrons. The second-order valence-corrected chi connectivity index (χ2v) is 3.46. The van der Waals surface area contributed by atoms with E-state index >= 15 is 0 Å². The molecule has 0 saturated carbocycles. The summed E-state index contributed by atoms with van der Waals surface area (Å²) in [6.07, 6.45) is -0.768. The van der Waals surface area contributed by atoms with Crippen LogP contribution in [0.1, 0.15) is 25.5 Å². The minimum atomic E-state index is -0.768. The van der Waals surface area contributed by atoms with Gasteiger partial charge in [0.05, 0.1) is 6.61 Å². The number of hydrogen-bond donors (Lipinski definition) is 2. The summed E-state index contributed by atoms with van der Waals surface area (Å²) in [7, 11) is 0. The topological polar surface area (TPSA) is 43.7 Å². The van der Waals surface area contributed by atoms with E-state index in [4.69, 9.17) is 5.11 Å². The van der Waals surface area contributed by atoms with Crippen molar-refractivity contribution in [1.82, 2.24) is 0 Å². The molecule has 15 heavy (non-hydrogen) atoms. The molecule has 3 heteroatoms. The standard InChI is InChI=1S/C12H19NO2/c1-3-13(4-2)11-7-5-10(6-8-11)12(15)9-14/h5-8,12,14-15H,3-4,9H2,1-2H3. The molecule has 2 N–H and O–H groups in total. The van der Waals surface area contributed by atoms with Crippen LogP contribution < -0.4 is 4.90 Å². The number of aliphatic hydroxyl groups excluding tert-OH is 2. The van der Waals surface area contributed by atoms with Crippen LogP contribution in [-0.2, 0) is 0 Å². The normalized spacial score (nSPS) is 12.5. The lowest BCUT2D eigenvalue weighted by molar-refractivity contribution is 0.0956. The number of hydrogen-bond acceptors (Lipinski definition) is 3. The summed E-state index contributed by atoms with van der Waals surface area (Å²) in [5.41, 5.74) is 1.90. The van der Waals surface area contributed by atoms with E-state index in [-0.39, 0.29) is 6.61 Å². The predicted octanol–water partition coefficient (Wildman–Crippen LogP) is 1.56. The van der Waals surface area contributed by atoms with Gasteiger partial charge in [0.1, 0.15) is 6.10 Å². The van der Waals surface area contributed by atoms with E-state index in [1.807, 2.05) is 24.3 Å². The molecule has 0 spiro atoms. The van der Waals surface area contributed by atoms with Crippen molar-refractivity contribution in [1.29, 1.82) is 0 Å². The zero-order valence-corrected chi connectivity index (χ0v) is 9.35. The highest BCUT2D eigenvalue weighted by atomic mass is 16.3. The summed E-state index contributed by atoms with van der Waals surface area (Å²) in [6.45, 7) is 5.93. The SMILES string of the molecule is CCN(CC)c1ccc(C(O)CO)cc1. The van der Waals surface area contributed by atoms with Crippen molar-refractivity contribution in [2.75, 3.05) is 24.6 Å². The Morgan fingerprint density at radius 3 is 2.07 bits per heavy atom. The van der Waals surface area contributed by atoms with Crippen LogP contribution in [-0.4, -0.2) is 29.9 Å². The molecule has 1 unspecified atom stereocenters. The molecule has 1 aromatic rings. The fraction of sp³-hybridized carbons (Fsp3) is 0.500.